The van der Waals surface area contributed by atoms with Gasteiger partial charge in [-0.1, -0.05) is 13.8 Å². The average Bonchev–Trinajstić information content (AvgIpc) is 1.94. The van der Waals surface area contributed by atoms with Crippen LogP contribution in [0.15, 0.2) is 12.4 Å². The minimum Gasteiger partial charge on any atom is -0.456 e. The van der Waals surface area contributed by atoms with Crippen LogP contribution in [0.4, 0.5) is 0 Å². The van der Waals surface area contributed by atoms with Gasteiger partial charge in [0.05, 0.1) is 0 Å². The third-order valence-corrected chi connectivity index (χ3v) is 0.652. The standard InChI is InChI=1S/C5H5N2.C2H6.CH3.K/c1-5-4-6-2-3-7-5;1-2;;/h3-4H,1H3;1-2H3;1H3;/q-1;;-1;+1. The minimum atomic E-state index is 0. The Morgan fingerprint density at radius 1 is 1.36 bits per heavy atom. The van der Waals surface area contributed by atoms with Gasteiger partial charge in [-0.05, 0) is 18.8 Å². The molecule has 0 fully saturated rings. The van der Waals surface area contributed by atoms with E-state index in [0.717, 1.165) is 5.69 Å². The first-order valence-electron chi connectivity index (χ1n) is 3.04. The molecule has 1 rings (SSSR count). The molecule has 3 heteroatoms. The Hall–Kier alpha value is 0.716. The number of nitrogens with zero attached hydrogens (tertiary/aromatic N) is 2. The molecule has 0 radical (unpaired) electrons. The molecule has 1 heterocycles. The Kier molecular flexibility index (Phi) is 21.4. The summed E-state index contributed by atoms with van der Waals surface area (Å²) < 4.78 is 0. The van der Waals surface area contributed by atoms with Gasteiger partial charge in [-0.15, -0.1) is 12.4 Å². The molecule has 0 spiro atoms. The van der Waals surface area contributed by atoms with Crippen LogP contribution in [-0.4, -0.2) is 9.97 Å². The van der Waals surface area contributed by atoms with Crippen molar-refractivity contribution in [2.45, 2.75) is 20.8 Å². The van der Waals surface area contributed by atoms with Crippen molar-refractivity contribution in [1.82, 2.24) is 9.97 Å². The van der Waals surface area contributed by atoms with Gasteiger partial charge in [0.1, 0.15) is 0 Å². The molecule has 0 amide bonds. The fourth-order valence-corrected chi connectivity index (χ4v) is 0.328. The summed E-state index contributed by atoms with van der Waals surface area (Å²) in [7, 11) is 0. The van der Waals surface area contributed by atoms with Gasteiger partial charge in [0.15, 0.2) is 0 Å². The number of hydrogen-bond acceptors (Lipinski definition) is 2. The summed E-state index contributed by atoms with van der Waals surface area (Å²) >= 11 is 0. The van der Waals surface area contributed by atoms with Gasteiger partial charge in [-0.3, -0.25) is 4.98 Å². The van der Waals surface area contributed by atoms with E-state index >= 15 is 0 Å². The molecule has 0 aliphatic rings. The fraction of sp³-hybridized carbons (Fsp3) is 0.375. The van der Waals surface area contributed by atoms with E-state index in [2.05, 4.69) is 16.2 Å². The molecular weight excluding hydrogens is 163 g/mol. The molecule has 58 valence electrons. The van der Waals surface area contributed by atoms with Crippen LogP contribution in [0.5, 0.6) is 0 Å². The molecule has 0 saturated heterocycles. The molecule has 11 heavy (non-hydrogen) atoms. The van der Waals surface area contributed by atoms with E-state index in [-0.39, 0.29) is 58.8 Å². The molecule has 0 N–H and O–H groups in total. The summed E-state index contributed by atoms with van der Waals surface area (Å²) in [6, 6.07) is 0. The van der Waals surface area contributed by atoms with Crippen molar-refractivity contribution in [1.29, 1.82) is 0 Å². The van der Waals surface area contributed by atoms with Crippen LogP contribution in [0.2, 0.25) is 0 Å². The summed E-state index contributed by atoms with van der Waals surface area (Å²) in [6.07, 6.45) is 5.79. The zero-order valence-electron chi connectivity index (χ0n) is 8.05. The van der Waals surface area contributed by atoms with E-state index in [1.807, 2.05) is 20.8 Å². The predicted octanol–water partition coefficient (Wildman–Crippen LogP) is -0.934. The summed E-state index contributed by atoms with van der Waals surface area (Å²) in [5.74, 6) is 0. The van der Waals surface area contributed by atoms with Crippen LogP contribution < -0.4 is 51.4 Å². The molecule has 0 unspecified atom stereocenters. The largest absolute Gasteiger partial charge is 1.00 e. The SMILES string of the molecule is CC.Cc1cn[c-]cn1.[CH3-].[K+]. The van der Waals surface area contributed by atoms with Gasteiger partial charge < -0.3 is 12.4 Å². The van der Waals surface area contributed by atoms with Gasteiger partial charge in [-0.2, -0.15) is 0 Å². The summed E-state index contributed by atoms with van der Waals surface area (Å²) in [5.41, 5.74) is 0.929. The average molecular weight is 177 g/mol. The maximum atomic E-state index is 3.86. The van der Waals surface area contributed by atoms with Gasteiger partial charge in [0.25, 0.3) is 0 Å². The van der Waals surface area contributed by atoms with Crippen molar-refractivity contribution in [3.63, 3.8) is 0 Å². The van der Waals surface area contributed by atoms with Crippen molar-refractivity contribution in [3.05, 3.63) is 31.7 Å². The Bertz CT molecular complexity index is 142. The van der Waals surface area contributed by atoms with Crippen LogP contribution in [0.3, 0.4) is 0 Å². The van der Waals surface area contributed by atoms with E-state index in [9.17, 15) is 0 Å². The first-order valence-corrected chi connectivity index (χ1v) is 3.04. The Labute approximate surface area is 112 Å². The molecule has 1 aromatic heterocycles. The zero-order valence-corrected chi connectivity index (χ0v) is 11.2. The topological polar surface area (TPSA) is 25.8 Å². The number of rotatable bonds is 0. The third kappa shape index (κ3) is 10.7. The van der Waals surface area contributed by atoms with Crippen LogP contribution in [0.1, 0.15) is 19.5 Å². The summed E-state index contributed by atoms with van der Waals surface area (Å²) in [4.78, 5) is 7.56. The van der Waals surface area contributed by atoms with E-state index in [1.165, 1.54) is 0 Å². The normalized spacial score (nSPS) is 6.09. The summed E-state index contributed by atoms with van der Waals surface area (Å²) in [5, 5.41) is 0. The van der Waals surface area contributed by atoms with Crippen LogP contribution in [-0.2, 0) is 0 Å². The van der Waals surface area contributed by atoms with Crippen molar-refractivity contribution in [3.8, 4) is 0 Å². The van der Waals surface area contributed by atoms with E-state index in [1.54, 1.807) is 12.4 Å². The molecule has 0 aliphatic heterocycles. The smallest absolute Gasteiger partial charge is 0.456 e. The van der Waals surface area contributed by atoms with Crippen LogP contribution in [0, 0.1) is 20.5 Å². The molecule has 2 nitrogen and oxygen atoms in total. The second-order valence-electron chi connectivity index (χ2n) is 1.29. The Morgan fingerprint density at radius 3 is 2.09 bits per heavy atom. The van der Waals surface area contributed by atoms with Crippen molar-refractivity contribution >= 4 is 0 Å². The second-order valence-corrected chi connectivity index (χ2v) is 1.29. The van der Waals surface area contributed by atoms with E-state index < -0.39 is 0 Å². The van der Waals surface area contributed by atoms with Crippen LogP contribution in [0.25, 0.3) is 0 Å². The minimum absolute atomic E-state index is 0. The van der Waals surface area contributed by atoms with Crippen molar-refractivity contribution in [2.24, 2.45) is 0 Å². The number of hydrogen-bond donors (Lipinski definition) is 0. The molecule has 0 saturated carbocycles. The van der Waals surface area contributed by atoms with Crippen molar-refractivity contribution in [2.75, 3.05) is 0 Å². The van der Waals surface area contributed by atoms with Gasteiger partial charge in [-0.25, -0.2) is 0 Å². The van der Waals surface area contributed by atoms with E-state index in [4.69, 9.17) is 0 Å². The molecule has 0 aromatic carbocycles. The Balaban J connectivity index is -0.000000149. The Morgan fingerprint density at radius 2 is 1.91 bits per heavy atom. The zero-order chi connectivity index (χ0) is 7.11. The second kappa shape index (κ2) is 13.3. The molecule has 1 aromatic rings. The molecule has 0 bridgehead atoms. The molecule has 0 aliphatic carbocycles. The first-order chi connectivity index (χ1) is 4.39. The maximum absolute atomic E-state index is 3.86. The number of aromatic nitrogens is 2. The van der Waals surface area contributed by atoms with Gasteiger partial charge in [0, 0.05) is 0 Å². The van der Waals surface area contributed by atoms with E-state index in [0.29, 0.717) is 0 Å². The maximum Gasteiger partial charge on any atom is 1.00 e. The summed E-state index contributed by atoms with van der Waals surface area (Å²) in [6.45, 7) is 5.89. The van der Waals surface area contributed by atoms with Gasteiger partial charge in [0.2, 0.25) is 0 Å². The van der Waals surface area contributed by atoms with Crippen molar-refractivity contribution < 1.29 is 51.4 Å². The predicted molar refractivity (Wildman–Crippen MR) is 43.4 cm³/mol. The third-order valence-electron chi connectivity index (χ3n) is 0.652. The van der Waals surface area contributed by atoms with Crippen LogP contribution >= 0.6 is 0 Å². The molecule has 0 atom stereocenters. The monoisotopic (exact) mass is 177 g/mol. The quantitative estimate of drug-likeness (QED) is 0.378. The number of aryl methyl sites for hydroxylation is 1. The van der Waals surface area contributed by atoms with Gasteiger partial charge >= 0.3 is 51.4 Å². The first kappa shape index (κ1) is 17.7. The molecular formula is C8H14KN2-. The fourth-order valence-electron chi connectivity index (χ4n) is 0.328.